The molecular weight excluding hydrogens is 517 g/mol. The molecule has 0 amide bonds. The van der Waals surface area contributed by atoms with Gasteiger partial charge in [0.2, 0.25) is 0 Å². The van der Waals surface area contributed by atoms with E-state index in [2.05, 4.69) is 135 Å². The van der Waals surface area contributed by atoms with Crippen molar-refractivity contribution in [3.8, 4) is 0 Å². The fraction of sp³-hybridized carbons (Fsp3) is 1.00. The van der Waals surface area contributed by atoms with Gasteiger partial charge >= 0.3 is 23.1 Å². The molecule has 0 saturated carbocycles. The van der Waals surface area contributed by atoms with Crippen molar-refractivity contribution in [3.05, 3.63) is 9.30 Å². The summed E-state index contributed by atoms with van der Waals surface area (Å²) < 4.78 is 15.7. The van der Waals surface area contributed by atoms with Crippen molar-refractivity contribution >= 4 is 56.0 Å². The maximum absolute atomic E-state index is 5.36. The second kappa shape index (κ2) is 14.4. The molecule has 0 bridgehead atoms. The van der Waals surface area contributed by atoms with Crippen LogP contribution in [0.3, 0.4) is 0 Å². The number of hydrogen-bond donors (Lipinski definition) is 0. The Kier molecular flexibility index (Phi) is 16.8. The van der Waals surface area contributed by atoms with Gasteiger partial charge in [-0.15, -0.1) is 0 Å². The van der Waals surface area contributed by atoms with Gasteiger partial charge in [0.15, 0.2) is 0 Å². The van der Waals surface area contributed by atoms with Gasteiger partial charge in [-0.3, -0.25) is 0 Å². The summed E-state index contributed by atoms with van der Waals surface area (Å²) in [6.07, 6.45) is 2.56. The molecule has 1 heterocycles. The van der Waals surface area contributed by atoms with E-state index in [-0.39, 0.29) is 23.1 Å². The molecule has 0 spiro atoms. The third kappa shape index (κ3) is 14.2. The molecule has 1 rings (SSSR count). The molecule has 1 aliphatic rings. The van der Waals surface area contributed by atoms with Crippen LogP contribution < -0.4 is 0 Å². The quantitative estimate of drug-likeness (QED) is 0.303. The van der Waals surface area contributed by atoms with Gasteiger partial charge in [0, 0.05) is 13.2 Å². The molecule has 0 aliphatic carbocycles. The summed E-state index contributed by atoms with van der Waals surface area (Å²) in [6.45, 7) is 49.4. The second-order valence-electron chi connectivity index (χ2n) is 16.8. The third-order valence-corrected chi connectivity index (χ3v) is 32.9. The second-order valence-corrected chi connectivity index (χ2v) is 37.0. The van der Waals surface area contributed by atoms with Gasteiger partial charge in [-0.1, -0.05) is 189 Å². The number of nitrogens with zero attached hydrogens (tertiary/aromatic N) is 2. The summed E-state index contributed by atoms with van der Waals surface area (Å²) in [6, 6.07) is 0. The first-order valence-electron chi connectivity index (χ1n) is 14.0. The van der Waals surface area contributed by atoms with Gasteiger partial charge < -0.3 is 14.0 Å². The summed E-state index contributed by atoms with van der Waals surface area (Å²) in [7, 11) is -5.85. The number of hydrogen-bond acceptors (Lipinski definition) is 1. The average molecular weight is 586 g/mol. The van der Waals surface area contributed by atoms with Crippen LogP contribution >= 0.6 is 0 Å². The smallest absolute Gasteiger partial charge is 0.666 e. The minimum absolute atomic E-state index is 0. The third-order valence-electron chi connectivity index (χ3n) is 9.29. The summed E-state index contributed by atoms with van der Waals surface area (Å²) >= 11 is 0. The Morgan fingerprint density at radius 2 is 0.583 bits per heavy atom. The van der Waals surface area contributed by atoms with Crippen molar-refractivity contribution in [2.24, 2.45) is 0 Å². The van der Waals surface area contributed by atoms with E-state index < -0.39 is 32.9 Å². The van der Waals surface area contributed by atoms with Crippen molar-refractivity contribution in [3.63, 3.8) is 0 Å². The molecule has 1 aliphatic heterocycles. The topological polar surface area (TPSA) is 37.4 Å². The van der Waals surface area contributed by atoms with Crippen LogP contribution in [0.1, 0.15) is 95.9 Å². The largest absolute Gasteiger partial charge is 2.00 e. The maximum Gasteiger partial charge on any atom is 2.00 e. The predicted octanol–water partition coefficient (Wildman–Crippen LogP) is 11.2. The Hall–Kier alpha value is 1.51. The summed E-state index contributed by atoms with van der Waals surface area (Å²) in [5, 5.41) is 1.51. The van der Waals surface area contributed by atoms with Gasteiger partial charge in [0.25, 0.3) is 0 Å². The van der Waals surface area contributed by atoms with E-state index in [1.165, 1.54) is 12.8 Å². The summed E-state index contributed by atoms with van der Waals surface area (Å²) in [5.74, 6) is 0. The Morgan fingerprint density at radius 3 is 0.667 bits per heavy atom. The maximum atomic E-state index is 5.36. The fourth-order valence-electron chi connectivity index (χ4n) is 2.58. The van der Waals surface area contributed by atoms with Crippen LogP contribution in [0.15, 0.2) is 0 Å². The van der Waals surface area contributed by atoms with Crippen LogP contribution in [0.4, 0.5) is 0 Å². The van der Waals surface area contributed by atoms with Gasteiger partial charge in [-0.05, 0) is 12.8 Å². The van der Waals surface area contributed by atoms with E-state index in [9.17, 15) is 0 Å². The molecular formula is C28H68MgN2OSi4. The summed E-state index contributed by atoms with van der Waals surface area (Å²) in [4.78, 5) is 0. The van der Waals surface area contributed by atoms with Gasteiger partial charge in [0.05, 0.1) is 0 Å². The van der Waals surface area contributed by atoms with Gasteiger partial charge in [0.1, 0.15) is 0 Å². The minimum Gasteiger partial charge on any atom is -0.666 e. The molecule has 0 aromatic carbocycles. The molecule has 0 N–H and O–H groups in total. The Bertz CT molecular complexity index is 514. The van der Waals surface area contributed by atoms with Crippen LogP contribution in [0.5, 0.6) is 0 Å². The average Bonchev–Trinajstić information content (AvgIpc) is 3.08. The predicted molar refractivity (Wildman–Crippen MR) is 181 cm³/mol. The first-order chi connectivity index (χ1) is 14.9. The molecule has 0 aromatic rings. The van der Waals surface area contributed by atoms with Gasteiger partial charge in [-0.2, -0.15) is 0 Å². The molecule has 0 atom stereocenters. The van der Waals surface area contributed by atoms with E-state index in [4.69, 9.17) is 14.0 Å². The summed E-state index contributed by atoms with van der Waals surface area (Å²) in [5.41, 5.74) is 0. The van der Waals surface area contributed by atoms with Crippen LogP contribution in [0, 0.1) is 0 Å². The van der Waals surface area contributed by atoms with Crippen molar-refractivity contribution < 1.29 is 4.74 Å². The van der Waals surface area contributed by atoms with E-state index in [1.54, 1.807) is 0 Å². The zero-order chi connectivity index (χ0) is 28.9. The zero-order valence-corrected chi connectivity index (χ0v) is 34.3. The first kappa shape index (κ1) is 42.0. The molecule has 0 aromatic heterocycles. The van der Waals surface area contributed by atoms with Crippen LogP contribution in [0.25, 0.3) is 9.30 Å². The zero-order valence-electron chi connectivity index (χ0n) is 28.8. The van der Waals surface area contributed by atoms with Crippen molar-refractivity contribution in [2.45, 2.75) is 168 Å². The van der Waals surface area contributed by atoms with E-state index >= 15 is 0 Å². The Labute approximate surface area is 250 Å². The minimum atomic E-state index is -1.46. The molecule has 36 heavy (non-hydrogen) atoms. The molecule has 8 heteroatoms. The molecule has 1 fully saturated rings. The first-order valence-corrected chi connectivity index (χ1v) is 25.8. The van der Waals surface area contributed by atoms with E-state index in [0.29, 0.717) is 20.2 Å². The Morgan fingerprint density at radius 1 is 0.417 bits per heavy atom. The van der Waals surface area contributed by atoms with E-state index in [1.807, 2.05) is 0 Å². The normalized spacial score (nSPS) is 16.3. The molecule has 0 radical (unpaired) electrons. The molecule has 214 valence electrons. The molecule has 0 unspecified atom stereocenters. The van der Waals surface area contributed by atoms with Crippen LogP contribution in [-0.4, -0.2) is 69.2 Å². The fourth-order valence-corrected chi connectivity index (χ4v) is 19.1. The van der Waals surface area contributed by atoms with Crippen molar-refractivity contribution in [2.75, 3.05) is 13.2 Å². The number of ether oxygens (including phenoxy) is 1. The van der Waals surface area contributed by atoms with E-state index in [0.717, 1.165) is 13.2 Å². The van der Waals surface area contributed by atoms with Crippen LogP contribution in [0.2, 0.25) is 72.5 Å². The Balaban J connectivity index is -0.000000493. The van der Waals surface area contributed by atoms with Crippen molar-refractivity contribution in [1.82, 2.24) is 0 Å². The number of rotatable bonds is 4. The van der Waals surface area contributed by atoms with Crippen molar-refractivity contribution in [1.29, 1.82) is 0 Å². The standard InChI is InChI=1S/2C12H30NSi2.C4H8O.Mg/c2*1-11(2,3)14(7,8)13-15(9,10)12(4,5)6;1-2-4-5-3-1;/h2*1-10H3;1-4H2;/q2*-1;;+2. The molecule has 3 nitrogen and oxygen atoms in total. The SMILES string of the molecule is C1CCOC1.CC(C)(C)[Si](C)(C)[N-][Si](C)(C)C(C)(C)C.CC(C)(C)[Si](C)(C)[N-][Si](C)(C)C(C)(C)C.[Mg+2]. The molecule has 1 saturated heterocycles. The monoisotopic (exact) mass is 584 g/mol. The van der Waals surface area contributed by atoms with Gasteiger partial charge in [-0.25, -0.2) is 0 Å². The van der Waals surface area contributed by atoms with Crippen LogP contribution in [-0.2, 0) is 4.74 Å².